The number of aryl methyl sites for hydroxylation is 2. The van der Waals surface area contributed by atoms with Crippen molar-refractivity contribution in [1.29, 1.82) is 0 Å². The topological polar surface area (TPSA) is 78.3 Å². The fraction of sp³-hybridized carbons (Fsp3) is 0.211. The predicted molar refractivity (Wildman–Crippen MR) is 106 cm³/mol. The standard InChI is InChI=1S/C19H20N4O3S/c1-12-17(18-20-7-8-23(18)2)27-19(21-12)22-16(24)6-5-13-9-14(25-3)11-15(10-13)26-4/h5-11H,1-4H3,(H,21,22,24). The number of methoxy groups -OCH3 is 2. The van der Waals surface area contributed by atoms with E-state index >= 15 is 0 Å². The van der Waals surface area contributed by atoms with E-state index in [1.54, 1.807) is 32.6 Å². The zero-order chi connectivity index (χ0) is 19.4. The number of imidazole rings is 1. The zero-order valence-electron chi connectivity index (χ0n) is 15.5. The van der Waals surface area contributed by atoms with Crippen molar-refractivity contribution in [3.8, 4) is 22.2 Å². The molecule has 140 valence electrons. The van der Waals surface area contributed by atoms with Crippen LogP contribution in [0.2, 0.25) is 0 Å². The van der Waals surface area contributed by atoms with Gasteiger partial charge in [0, 0.05) is 31.6 Å². The molecule has 2 heterocycles. The van der Waals surface area contributed by atoms with E-state index in [1.807, 2.05) is 36.9 Å². The monoisotopic (exact) mass is 384 g/mol. The lowest BCUT2D eigenvalue weighted by atomic mass is 10.2. The van der Waals surface area contributed by atoms with Gasteiger partial charge in [-0.15, -0.1) is 0 Å². The van der Waals surface area contributed by atoms with Gasteiger partial charge in [0.2, 0.25) is 5.91 Å². The summed E-state index contributed by atoms with van der Waals surface area (Å²) >= 11 is 1.39. The van der Waals surface area contributed by atoms with E-state index in [0.717, 1.165) is 22.0 Å². The van der Waals surface area contributed by atoms with Crippen molar-refractivity contribution in [2.75, 3.05) is 19.5 Å². The smallest absolute Gasteiger partial charge is 0.250 e. The van der Waals surface area contributed by atoms with Gasteiger partial charge in [0.25, 0.3) is 0 Å². The van der Waals surface area contributed by atoms with Gasteiger partial charge in [0.1, 0.15) is 11.5 Å². The molecule has 0 atom stereocenters. The summed E-state index contributed by atoms with van der Waals surface area (Å²) in [5, 5.41) is 3.33. The van der Waals surface area contributed by atoms with Crippen LogP contribution in [0.4, 0.5) is 5.13 Å². The second-order valence-corrected chi connectivity index (χ2v) is 6.76. The van der Waals surface area contributed by atoms with E-state index in [-0.39, 0.29) is 5.91 Å². The van der Waals surface area contributed by atoms with Crippen molar-refractivity contribution < 1.29 is 14.3 Å². The minimum Gasteiger partial charge on any atom is -0.497 e. The minimum absolute atomic E-state index is 0.267. The maximum atomic E-state index is 12.3. The molecular formula is C19H20N4O3S. The first-order valence-corrected chi connectivity index (χ1v) is 8.99. The fourth-order valence-electron chi connectivity index (χ4n) is 2.49. The molecule has 2 aromatic heterocycles. The van der Waals surface area contributed by atoms with Crippen LogP contribution in [-0.2, 0) is 11.8 Å². The Bertz CT molecular complexity index is 969. The number of hydrogen-bond donors (Lipinski definition) is 1. The molecule has 7 nitrogen and oxygen atoms in total. The van der Waals surface area contributed by atoms with Crippen LogP contribution in [-0.4, -0.2) is 34.7 Å². The zero-order valence-corrected chi connectivity index (χ0v) is 16.3. The SMILES string of the molecule is COc1cc(C=CC(=O)Nc2nc(C)c(-c3nccn3C)s2)cc(OC)c1. The molecule has 0 aliphatic rings. The van der Waals surface area contributed by atoms with Crippen LogP contribution in [0.5, 0.6) is 11.5 Å². The molecule has 0 saturated heterocycles. The van der Waals surface area contributed by atoms with Gasteiger partial charge in [-0.3, -0.25) is 10.1 Å². The summed E-state index contributed by atoms with van der Waals surface area (Å²) < 4.78 is 12.4. The van der Waals surface area contributed by atoms with E-state index in [1.165, 1.54) is 17.4 Å². The number of rotatable bonds is 6. The van der Waals surface area contributed by atoms with E-state index < -0.39 is 0 Å². The lowest BCUT2D eigenvalue weighted by Gasteiger charge is -2.05. The second-order valence-electron chi connectivity index (χ2n) is 5.76. The highest BCUT2D eigenvalue weighted by molar-refractivity contribution is 7.19. The first-order valence-electron chi connectivity index (χ1n) is 8.17. The van der Waals surface area contributed by atoms with Gasteiger partial charge < -0.3 is 14.0 Å². The van der Waals surface area contributed by atoms with Gasteiger partial charge in [0.05, 0.1) is 24.8 Å². The molecule has 0 radical (unpaired) electrons. The number of nitrogens with one attached hydrogen (secondary N) is 1. The summed E-state index contributed by atoms with van der Waals surface area (Å²) in [6, 6.07) is 5.41. The highest BCUT2D eigenvalue weighted by Gasteiger charge is 2.14. The summed E-state index contributed by atoms with van der Waals surface area (Å²) in [4.78, 5) is 21.9. The average molecular weight is 384 g/mol. The fourth-order valence-corrected chi connectivity index (χ4v) is 3.50. The van der Waals surface area contributed by atoms with E-state index in [4.69, 9.17) is 9.47 Å². The van der Waals surface area contributed by atoms with Gasteiger partial charge in [-0.2, -0.15) is 0 Å². The third kappa shape index (κ3) is 4.35. The molecule has 1 amide bonds. The molecule has 27 heavy (non-hydrogen) atoms. The lowest BCUT2D eigenvalue weighted by Crippen LogP contribution is -2.07. The number of nitrogens with zero attached hydrogens (tertiary/aromatic N) is 3. The van der Waals surface area contributed by atoms with Gasteiger partial charge >= 0.3 is 0 Å². The summed E-state index contributed by atoms with van der Waals surface area (Å²) in [5.41, 5.74) is 1.62. The number of aromatic nitrogens is 3. The van der Waals surface area contributed by atoms with Crippen LogP contribution in [0.1, 0.15) is 11.3 Å². The van der Waals surface area contributed by atoms with Crippen LogP contribution in [0.3, 0.4) is 0 Å². The number of carbonyl (C=O) groups excluding carboxylic acids is 1. The molecule has 0 saturated carbocycles. The van der Waals surface area contributed by atoms with Crippen molar-refractivity contribution in [2.45, 2.75) is 6.92 Å². The molecule has 0 aliphatic carbocycles. The van der Waals surface area contributed by atoms with Crippen LogP contribution in [0, 0.1) is 6.92 Å². The maximum absolute atomic E-state index is 12.3. The quantitative estimate of drug-likeness (QED) is 0.658. The summed E-state index contributed by atoms with van der Waals surface area (Å²) in [7, 11) is 5.09. The molecule has 8 heteroatoms. The van der Waals surface area contributed by atoms with Crippen molar-refractivity contribution in [3.63, 3.8) is 0 Å². The third-order valence-electron chi connectivity index (χ3n) is 3.85. The van der Waals surface area contributed by atoms with Crippen LogP contribution in [0.15, 0.2) is 36.7 Å². The van der Waals surface area contributed by atoms with Crippen molar-refractivity contribution in [1.82, 2.24) is 14.5 Å². The molecule has 0 fully saturated rings. The summed E-state index contributed by atoms with van der Waals surface area (Å²) in [5.74, 6) is 1.87. The van der Waals surface area contributed by atoms with Crippen molar-refractivity contribution in [3.05, 3.63) is 47.9 Å². The van der Waals surface area contributed by atoms with Crippen LogP contribution in [0.25, 0.3) is 16.8 Å². The Balaban J connectivity index is 1.73. The highest BCUT2D eigenvalue weighted by atomic mass is 32.1. The Morgan fingerprint density at radius 3 is 2.52 bits per heavy atom. The number of anilines is 1. The van der Waals surface area contributed by atoms with Gasteiger partial charge in [-0.05, 0) is 30.7 Å². The second kappa shape index (κ2) is 8.05. The van der Waals surface area contributed by atoms with E-state index in [2.05, 4.69) is 15.3 Å². The minimum atomic E-state index is -0.267. The van der Waals surface area contributed by atoms with Crippen LogP contribution < -0.4 is 14.8 Å². The number of benzene rings is 1. The summed E-state index contributed by atoms with van der Waals surface area (Å²) in [6.07, 6.45) is 6.75. The molecular weight excluding hydrogens is 364 g/mol. The maximum Gasteiger partial charge on any atom is 0.250 e. The molecule has 0 spiro atoms. The molecule has 1 aromatic carbocycles. The Hall–Kier alpha value is -3.13. The Morgan fingerprint density at radius 1 is 1.22 bits per heavy atom. The van der Waals surface area contributed by atoms with Gasteiger partial charge in [-0.1, -0.05) is 11.3 Å². The molecule has 3 aromatic rings. The number of carbonyl (C=O) groups is 1. The molecule has 1 N–H and O–H groups in total. The van der Waals surface area contributed by atoms with Crippen molar-refractivity contribution in [2.24, 2.45) is 7.05 Å². The third-order valence-corrected chi connectivity index (χ3v) is 4.92. The van der Waals surface area contributed by atoms with E-state index in [9.17, 15) is 4.79 Å². The largest absolute Gasteiger partial charge is 0.497 e. The average Bonchev–Trinajstić information content (AvgIpc) is 3.24. The Labute approximate surface area is 161 Å². The van der Waals surface area contributed by atoms with Crippen LogP contribution >= 0.6 is 11.3 Å². The number of ether oxygens (including phenoxy) is 2. The molecule has 3 rings (SSSR count). The Kier molecular flexibility index (Phi) is 5.56. The van der Waals surface area contributed by atoms with E-state index in [0.29, 0.717) is 16.6 Å². The Morgan fingerprint density at radius 2 is 1.93 bits per heavy atom. The molecule has 0 aliphatic heterocycles. The number of thiazole rings is 1. The molecule has 0 bridgehead atoms. The molecule has 0 unspecified atom stereocenters. The van der Waals surface area contributed by atoms with Gasteiger partial charge in [0.15, 0.2) is 11.0 Å². The first-order chi connectivity index (χ1) is 13.0. The highest BCUT2D eigenvalue weighted by Crippen LogP contribution is 2.31. The van der Waals surface area contributed by atoms with Crippen molar-refractivity contribution >= 4 is 28.5 Å². The number of amides is 1. The van der Waals surface area contributed by atoms with Gasteiger partial charge in [-0.25, -0.2) is 9.97 Å². The first kappa shape index (κ1) is 18.7. The summed E-state index contributed by atoms with van der Waals surface area (Å²) in [6.45, 7) is 1.90. The lowest BCUT2D eigenvalue weighted by molar-refractivity contribution is -0.111. The normalized spacial score (nSPS) is 11.0. The predicted octanol–water partition coefficient (Wildman–Crippen LogP) is 3.52. The number of hydrogen-bond acceptors (Lipinski definition) is 6.